The number of benzene rings is 10. The van der Waals surface area contributed by atoms with Gasteiger partial charge < -0.3 is 4.90 Å². The first kappa shape index (κ1) is 42.1. The third-order valence-electron chi connectivity index (χ3n) is 16.6. The van der Waals surface area contributed by atoms with Crippen molar-refractivity contribution in [2.45, 2.75) is 57.8 Å². The van der Waals surface area contributed by atoms with Crippen molar-refractivity contribution >= 4 is 48.6 Å². The van der Waals surface area contributed by atoms with E-state index >= 15 is 0 Å². The molecule has 1 aromatic heterocycles. The summed E-state index contributed by atoms with van der Waals surface area (Å²) in [6.07, 6.45) is 0. The van der Waals surface area contributed by atoms with Crippen LogP contribution < -0.4 is 4.90 Å². The lowest BCUT2D eigenvalue weighted by Gasteiger charge is -2.35. The van der Waals surface area contributed by atoms with Crippen LogP contribution in [0.1, 0.15) is 83.3 Å². The molecule has 3 aliphatic carbocycles. The number of aryl methyl sites for hydroxylation is 2. The van der Waals surface area contributed by atoms with E-state index in [4.69, 9.17) is 0 Å². The van der Waals surface area contributed by atoms with Crippen LogP contribution in [0, 0.1) is 13.8 Å². The molecule has 0 bridgehead atoms. The quantitative estimate of drug-likeness (QED) is 0.161. The smallest absolute Gasteiger partial charge is 0.0714 e. The normalized spacial score (nSPS) is 16.3. The van der Waals surface area contributed by atoms with Gasteiger partial charge in [0.25, 0.3) is 0 Å². The Morgan fingerprint density at radius 1 is 0.366 bits per heavy atom. The van der Waals surface area contributed by atoms with Gasteiger partial charge in [0, 0.05) is 47.9 Å². The van der Waals surface area contributed by atoms with Gasteiger partial charge in [-0.1, -0.05) is 209 Å². The predicted octanol–water partition coefficient (Wildman–Crippen LogP) is 18.8. The highest BCUT2D eigenvalue weighted by Gasteiger charge is 2.48. The molecule has 0 amide bonds. The average molecular weight is 928 g/mol. The molecule has 0 fully saturated rings. The largest absolute Gasteiger partial charge is 0.310 e. The van der Waals surface area contributed by atoms with Crippen LogP contribution in [0.4, 0.5) is 17.1 Å². The molecule has 0 radical (unpaired) electrons. The van der Waals surface area contributed by atoms with E-state index in [1.807, 2.05) is 11.3 Å². The van der Waals surface area contributed by atoms with Crippen LogP contribution in [0.2, 0.25) is 0 Å². The van der Waals surface area contributed by atoms with Crippen LogP contribution >= 0.6 is 11.3 Å². The summed E-state index contributed by atoms with van der Waals surface area (Å²) in [7, 11) is 0. The van der Waals surface area contributed by atoms with E-state index in [0.717, 1.165) is 11.4 Å². The van der Waals surface area contributed by atoms with Crippen LogP contribution in [0.3, 0.4) is 0 Å². The minimum absolute atomic E-state index is 0.102. The molecule has 1 heterocycles. The molecule has 340 valence electrons. The Kier molecular flexibility index (Phi) is 8.97. The van der Waals surface area contributed by atoms with Crippen LogP contribution in [0.5, 0.6) is 0 Å². The first-order valence-corrected chi connectivity index (χ1v) is 26.0. The van der Waals surface area contributed by atoms with Crippen LogP contribution in [-0.2, 0) is 16.2 Å². The van der Waals surface area contributed by atoms with E-state index in [9.17, 15) is 0 Å². The number of fused-ring (bicyclic) bond motifs is 12. The van der Waals surface area contributed by atoms with Crippen molar-refractivity contribution in [3.63, 3.8) is 0 Å². The van der Waals surface area contributed by atoms with E-state index in [-0.39, 0.29) is 10.8 Å². The number of nitrogens with zero attached hydrogens (tertiary/aromatic N) is 1. The van der Waals surface area contributed by atoms with E-state index in [0.29, 0.717) is 0 Å². The maximum atomic E-state index is 2.60. The van der Waals surface area contributed by atoms with Crippen molar-refractivity contribution in [3.05, 3.63) is 268 Å². The van der Waals surface area contributed by atoms with Crippen molar-refractivity contribution < 1.29 is 0 Å². The highest BCUT2D eigenvalue weighted by molar-refractivity contribution is 7.26. The standard InChI is InChI=1S/C69H53NS/c1-42-27-34-55-61(37-42)69(45-17-8-7-9-18-45,46-30-28-44(29-31-46)49-22-16-23-54-53-21-12-15-26-64(53)71-66(49)54)62-38-43(2)39-63(65(55)62)70(47-33-36-59-56(40-47)51-20-11-14-25-58(51)67(59,3)4)48-32-35-52-50-19-10-13-24-57(50)68(5,6)60(52)41-48/h7-41H,1-6H3. The first-order chi connectivity index (χ1) is 34.5. The molecule has 0 spiro atoms. The molecule has 0 saturated carbocycles. The number of hydrogen-bond acceptors (Lipinski definition) is 2. The summed E-state index contributed by atoms with van der Waals surface area (Å²) < 4.78 is 2.66. The van der Waals surface area contributed by atoms with Gasteiger partial charge in [0.05, 0.1) is 11.1 Å². The Hall–Kier alpha value is -7.78. The van der Waals surface area contributed by atoms with Crippen molar-refractivity contribution in [3.8, 4) is 44.5 Å². The zero-order valence-electron chi connectivity index (χ0n) is 41.1. The van der Waals surface area contributed by atoms with E-state index in [1.54, 1.807) is 0 Å². The molecule has 11 aromatic rings. The van der Waals surface area contributed by atoms with Crippen LogP contribution in [0.15, 0.2) is 212 Å². The maximum absolute atomic E-state index is 2.60. The summed E-state index contributed by atoms with van der Waals surface area (Å²) in [6.45, 7) is 14.1. The van der Waals surface area contributed by atoms with Gasteiger partial charge in [0.2, 0.25) is 0 Å². The Bertz CT molecular complexity index is 4020. The van der Waals surface area contributed by atoms with Crippen molar-refractivity contribution in [1.82, 2.24) is 0 Å². The molecular weight excluding hydrogens is 875 g/mol. The summed E-state index contributed by atoms with van der Waals surface area (Å²) in [5.41, 5.74) is 26.1. The van der Waals surface area contributed by atoms with Gasteiger partial charge in [-0.2, -0.15) is 0 Å². The lowest BCUT2D eigenvalue weighted by Crippen LogP contribution is -2.29. The van der Waals surface area contributed by atoms with Gasteiger partial charge in [-0.25, -0.2) is 0 Å². The molecule has 3 aliphatic rings. The molecule has 1 nitrogen and oxygen atoms in total. The minimum Gasteiger partial charge on any atom is -0.310 e. The summed E-state index contributed by atoms with van der Waals surface area (Å²) in [4.78, 5) is 2.60. The molecule has 2 heteroatoms. The minimum atomic E-state index is -0.602. The lowest BCUT2D eigenvalue weighted by atomic mass is 9.67. The molecule has 0 aliphatic heterocycles. The summed E-state index contributed by atoms with van der Waals surface area (Å²) in [5.74, 6) is 0. The van der Waals surface area contributed by atoms with Gasteiger partial charge in [-0.15, -0.1) is 11.3 Å². The molecule has 14 rings (SSSR count). The van der Waals surface area contributed by atoms with E-state index in [1.165, 1.54) is 126 Å². The molecule has 71 heavy (non-hydrogen) atoms. The summed E-state index contributed by atoms with van der Waals surface area (Å²) in [5, 5.41) is 2.65. The fraction of sp³-hybridized carbons (Fsp3) is 0.130. The van der Waals surface area contributed by atoms with Gasteiger partial charge in [0.15, 0.2) is 0 Å². The second-order valence-corrected chi connectivity index (χ2v) is 22.4. The molecule has 0 N–H and O–H groups in total. The average Bonchev–Trinajstić information content (AvgIpc) is 4.06. The molecule has 1 atom stereocenters. The molecule has 0 saturated heterocycles. The third kappa shape index (κ3) is 5.86. The number of rotatable bonds is 6. The Morgan fingerprint density at radius 3 is 1.73 bits per heavy atom. The molecule has 1 unspecified atom stereocenters. The number of hydrogen-bond donors (Lipinski definition) is 0. The fourth-order valence-electron chi connectivity index (χ4n) is 13.3. The second kappa shape index (κ2) is 15.1. The van der Waals surface area contributed by atoms with Crippen LogP contribution in [-0.4, -0.2) is 0 Å². The maximum Gasteiger partial charge on any atom is 0.0714 e. The Morgan fingerprint density at radius 2 is 0.944 bits per heavy atom. The van der Waals surface area contributed by atoms with Crippen LogP contribution in [0.25, 0.3) is 64.7 Å². The lowest BCUT2D eigenvalue weighted by molar-refractivity contribution is 0.660. The Labute approximate surface area is 421 Å². The number of anilines is 3. The monoisotopic (exact) mass is 927 g/mol. The first-order valence-electron chi connectivity index (χ1n) is 25.2. The Balaban J connectivity index is 1.03. The fourth-order valence-corrected chi connectivity index (χ4v) is 14.5. The highest BCUT2D eigenvalue weighted by Crippen LogP contribution is 2.61. The van der Waals surface area contributed by atoms with Crippen molar-refractivity contribution in [2.24, 2.45) is 0 Å². The van der Waals surface area contributed by atoms with Gasteiger partial charge >= 0.3 is 0 Å². The predicted molar refractivity (Wildman–Crippen MR) is 301 cm³/mol. The van der Waals surface area contributed by atoms with Gasteiger partial charge in [-0.3, -0.25) is 0 Å². The third-order valence-corrected chi connectivity index (χ3v) is 17.9. The highest BCUT2D eigenvalue weighted by atomic mass is 32.1. The van der Waals surface area contributed by atoms with E-state index in [2.05, 4.69) is 259 Å². The second-order valence-electron chi connectivity index (χ2n) is 21.4. The van der Waals surface area contributed by atoms with Crippen molar-refractivity contribution in [1.29, 1.82) is 0 Å². The zero-order chi connectivity index (χ0) is 48.0. The van der Waals surface area contributed by atoms with Crippen molar-refractivity contribution in [2.75, 3.05) is 4.90 Å². The summed E-state index contributed by atoms with van der Waals surface area (Å²) >= 11 is 1.90. The van der Waals surface area contributed by atoms with Gasteiger partial charge in [0.1, 0.15) is 0 Å². The molecular formula is C69H53NS. The summed E-state index contributed by atoms with van der Waals surface area (Å²) in [6, 6.07) is 81.2. The SMILES string of the molecule is Cc1ccc2c(c1)C(c1ccccc1)(c1ccc(-c3cccc4c3sc3ccccc34)cc1)c1cc(C)cc(N(c3ccc4c(c3)-c3ccccc3C4(C)C)c3ccc4c(c3)C(C)(C)c3ccccc3-4)c1-2. The zero-order valence-corrected chi connectivity index (χ0v) is 41.9. The molecule has 10 aromatic carbocycles. The van der Waals surface area contributed by atoms with E-state index < -0.39 is 5.41 Å². The number of thiophene rings is 1. The van der Waals surface area contributed by atoms with Gasteiger partial charge in [-0.05, 0) is 139 Å². The topological polar surface area (TPSA) is 3.24 Å².